The second kappa shape index (κ2) is 4.23. The fourth-order valence-electron chi connectivity index (χ4n) is 1.35. The van der Waals surface area contributed by atoms with Crippen molar-refractivity contribution in [1.29, 1.82) is 0 Å². The van der Waals surface area contributed by atoms with Crippen LogP contribution in [0.2, 0.25) is 0 Å². The number of aromatic carboxylic acids is 1. The van der Waals surface area contributed by atoms with Crippen LogP contribution in [0.4, 0.5) is 0 Å². The van der Waals surface area contributed by atoms with Gasteiger partial charge >= 0.3 is 5.97 Å². The van der Waals surface area contributed by atoms with E-state index < -0.39 is 5.97 Å². The number of nitrogens with zero attached hydrogens (tertiary/aromatic N) is 2. The van der Waals surface area contributed by atoms with Gasteiger partial charge in [-0.15, -0.1) is 0 Å². The van der Waals surface area contributed by atoms with E-state index in [0.717, 1.165) is 5.69 Å². The second-order valence-corrected chi connectivity index (χ2v) is 3.38. The highest BCUT2D eigenvalue weighted by molar-refractivity contribution is 5.88. The van der Waals surface area contributed by atoms with Gasteiger partial charge in [-0.3, -0.25) is 4.68 Å². The lowest BCUT2D eigenvalue weighted by Crippen LogP contribution is -2.16. The summed E-state index contributed by atoms with van der Waals surface area (Å²) in [6, 6.07) is 0.173. The van der Waals surface area contributed by atoms with Gasteiger partial charge in [0.05, 0.1) is 11.9 Å². The highest BCUT2D eigenvalue weighted by Crippen LogP contribution is 2.13. The highest BCUT2D eigenvalue weighted by Gasteiger charge is 2.16. The summed E-state index contributed by atoms with van der Waals surface area (Å²) in [7, 11) is 1.78. The number of rotatable bonds is 4. The predicted octanol–water partition coefficient (Wildman–Crippen LogP) is 0.882. The van der Waals surface area contributed by atoms with E-state index in [1.165, 1.54) is 6.20 Å². The van der Waals surface area contributed by atoms with Crippen molar-refractivity contribution in [3.8, 4) is 0 Å². The maximum absolute atomic E-state index is 10.9. The molecule has 1 rings (SSSR count). The predicted molar refractivity (Wildman–Crippen MR) is 52.3 cm³/mol. The third-order valence-electron chi connectivity index (χ3n) is 1.96. The maximum atomic E-state index is 10.9. The van der Waals surface area contributed by atoms with Gasteiger partial charge in [0.15, 0.2) is 0 Å². The molecule has 1 aromatic heterocycles. The molecule has 0 spiro atoms. The molecule has 0 aliphatic carbocycles. The van der Waals surface area contributed by atoms with Crippen LogP contribution in [0.1, 0.15) is 35.9 Å². The molecule has 0 aromatic carbocycles. The SMILES string of the molecule is CNCc1c(C(=O)O)cnn1C(C)C. The highest BCUT2D eigenvalue weighted by atomic mass is 16.4. The van der Waals surface area contributed by atoms with Gasteiger partial charge in [-0.1, -0.05) is 0 Å². The van der Waals surface area contributed by atoms with Gasteiger partial charge in [0.1, 0.15) is 5.56 Å². The molecule has 0 radical (unpaired) electrons. The van der Waals surface area contributed by atoms with Crippen LogP contribution in [0.25, 0.3) is 0 Å². The quantitative estimate of drug-likeness (QED) is 0.752. The molecule has 5 nitrogen and oxygen atoms in total. The van der Waals surface area contributed by atoms with E-state index in [-0.39, 0.29) is 11.6 Å². The van der Waals surface area contributed by atoms with Gasteiger partial charge in [-0.25, -0.2) is 4.79 Å². The summed E-state index contributed by atoms with van der Waals surface area (Å²) in [6.45, 7) is 4.45. The fraction of sp³-hybridized carbons (Fsp3) is 0.556. The Morgan fingerprint density at radius 3 is 2.79 bits per heavy atom. The van der Waals surface area contributed by atoms with Crippen LogP contribution in [0.15, 0.2) is 6.20 Å². The lowest BCUT2D eigenvalue weighted by Gasteiger charge is -2.10. The Labute approximate surface area is 82.7 Å². The van der Waals surface area contributed by atoms with Gasteiger partial charge in [0.25, 0.3) is 0 Å². The lowest BCUT2D eigenvalue weighted by molar-refractivity contribution is 0.0695. The first-order valence-electron chi connectivity index (χ1n) is 4.52. The van der Waals surface area contributed by atoms with Gasteiger partial charge in [-0.05, 0) is 20.9 Å². The van der Waals surface area contributed by atoms with Crippen LogP contribution in [-0.2, 0) is 6.54 Å². The van der Waals surface area contributed by atoms with Crippen molar-refractivity contribution in [3.63, 3.8) is 0 Å². The first-order valence-corrected chi connectivity index (χ1v) is 4.52. The molecule has 0 fully saturated rings. The van der Waals surface area contributed by atoms with Crippen molar-refractivity contribution in [3.05, 3.63) is 17.5 Å². The fourth-order valence-corrected chi connectivity index (χ4v) is 1.35. The van der Waals surface area contributed by atoms with Gasteiger partial charge < -0.3 is 10.4 Å². The van der Waals surface area contributed by atoms with E-state index in [1.54, 1.807) is 11.7 Å². The first kappa shape index (κ1) is 10.7. The number of hydrogen-bond acceptors (Lipinski definition) is 3. The Balaban J connectivity index is 3.13. The van der Waals surface area contributed by atoms with Crippen LogP contribution in [0, 0.1) is 0 Å². The molecule has 0 saturated carbocycles. The number of carboxylic acids is 1. The second-order valence-electron chi connectivity index (χ2n) is 3.38. The van der Waals surface area contributed by atoms with Crippen molar-refractivity contribution in [1.82, 2.24) is 15.1 Å². The molecular weight excluding hydrogens is 182 g/mol. The summed E-state index contributed by atoms with van der Waals surface area (Å²) in [6.07, 6.45) is 1.40. The van der Waals surface area contributed by atoms with E-state index >= 15 is 0 Å². The molecule has 0 bridgehead atoms. The third-order valence-corrected chi connectivity index (χ3v) is 1.96. The van der Waals surface area contributed by atoms with Crippen molar-refractivity contribution in [2.24, 2.45) is 0 Å². The monoisotopic (exact) mass is 197 g/mol. The number of aromatic nitrogens is 2. The molecule has 0 unspecified atom stereocenters. The van der Waals surface area contributed by atoms with E-state index in [4.69, 9.17) is 5.11 Å². The zero-order chi connectivity index (χ0) is 10.7. The number of carbonyl (C=O) groups is 1. The Bertz CT molecular complexity index is 331. The van der Waals surface area contributed by atoms with Gasteiger partial charge in [0, 0.05) is 12.6 Å². The molecule has 1 heterocycles. The van der Waals surface area contributed by atoms with E-state index in [9.17, 15) is 4.79 Å². The van der Waals surface area contributed by atoms with Crippen molar-refractivity contribution in [2.45, 2.75) is 26.4 Å². The molecule has 0 aliphatic rings. The molecule has 0 saturated heterocycles. The zero-order valence-corrected chi connectivity index (χ0v) is 8.61. The topological polar surface area (TPSA) is 67.2 Å². The minimum Gasteiger partial charge on any atom is -0.478 e. The number of nitrogens with one attached hydrogen (secondary N) is 1. The van der Waals surface area contributed by atoms with Gasteiger partial charge in [0.2, 0.25) is 0 Å². The van der Waals surface area contributed by atoms with Crippen LogP contribution in [-0.4, -0.2) is 27.9 Å². The average Bonchev–Trinajstić information content (AvgIpc) is 2.48. The zero-order valence-electron chi connectivity index (χ0n) is 8.61. The summed E-state index contributed by atoms with van der Waals surface area (Å²) >= 11 is 0. The minimum absolute atomic E-state index is 0.173. The Hall–Kier alpha value is -1.36. The summed E-state index contributed by atoms with van der Waals surface area (Å²) in [5, 5.41) is 15.9. The molecule has 0 amide bonds. The maximum Gasteiger partial charge on any atom is 0.339 e. The molecule has 14 heavy (non-hydrogen) atoms. The van der Waals surface area contributed by atoms with Crippen molar-refractivity contribution >= 4 is 5.97 Å². The molecule has 2 N–H and O–H groups in total. The van der Waals surface area contributed by atoms with Crippen LogP contribution < -0.4 is 5.32 Å². The van der Waals surface area contributed by atoms with Crippen LogP contribution >= 0.6 is 0 Å². The minimum atomic E-state index is -0.929. The summed E-state index contributed by atoms with van der Waals surface area (Å²) in [5.74, 6) is -0.929. The van der Waals surface area contributed by atoms with Crippen molar-refractivity contribution < 1.29 is 9.90 Å². The summed E-state index contributed by atoms with van der Waals surface area (Å²) in [4.78, 5) is 10.9. The third kappa shape index (κ3) is 1.93. The molecule has 5 heteroatoms. The van der Waals surface area contributed by atoms with Crippen molar-refractivity contribution in [2.75, 3.05) is 7.05 Å². The first-order chi connectivity index (χ1) is 6.57. The molecule has 78 valence electrons. The Kier molecular flexibility index (Phi) is 3.24. The molecule has 1 aromatic rings. The number of hydrogen-bond donors (Lipinski definition) is 2. The molecular formula is C9H15N3O2. The standard InChI is InChI=1S/C9H15N3O2/c1-6(2)12-8(5-10-3)7(4-11-12)9(13)14/h4,6,10H,5H2,1-3H3,(H,13,14). The van der Waals surface area contributed by atoms with Crippen LogP contribution in [0.5, 0.6) is 0 Å². The van der Waals surface area contributed by atoms with Crippen LogP contribution in [0.3, 0.4) is 0 Å². The summed E-state index contributed by atoms with van der Waals surface area (Å²) < 4.78 is 1.72. The molecule has 0 aliphatic heterocycles. The lowest BCUT2D eigenvalue weighted by atomic mass is 10.2. The smallest absolute Gasteiger partial charge is 0.339 e. The Morgan fingerprint density at radius 2 is 2.36 bits per heavy atom. The largest absolute Gasteiger partial charge is 0.478 e. The van der Waals surface area contributed by atoms with Gasteiger partial charge in [-0.2, -0.15) is 5.10 Å². The molecule has 0 atom stereocenters. The number of carboxylic acid groups (broad SMARTS) is 1. The Morgan fingerprint density at radius 1 is 1.71 bits per heavy atom. The van der Waals surface area contributed by atoms with E-state index in [0.29, 0.717) is 6.54 Å². The summed E-state index contributed by atoms with van der Waals surface area (Å²) in [5.41, 5.74) is 0.989. The normalized spacial score (nSPS) is 10.9. The van der Waals surface area contributed by atoms with E-state index in [2.05, 4.69) is 10.4 Å². The average molecular weight is 197 g/mol. The van der Waals surface area contributed by atoms with E-state index in [1.807, 2.05) is 13.8 Å².